The third kappa shape index (κ3) is 4.91. The van der Waals surface area contributed by atoms with Crippen LogP contribution >= 0.6 is 0 Å². The average Bonchev–Trinajstić information content (AvgIpc) is 2.76. The van der Waals surface area contributed by atoms with E-state index in [2.05, 4.69) is 5.32 Å². The maximum atomic E-state index is 12.9. The van der Waals surface area contributed by atoms with Gasteiger partial charge in [0.2, 0.25) is 0 Å². The number of nitrogens with zero attached hydrogens (tertiary/aromatic N) is 1. The molecular formula is C23H30N3O4+. The molecule has 0 aliphatic carbocycles. The van der Waals surface area contributed by atoms with Gasteiger partial charge >= 0.3 is 0 Å². The Labute approximate surface area is 177 Å². The van der Waals surface area contributed by atoms with Gasteiger partial charge < -0.3 is 24.6 Å². The number of piperazine rings is 1. The summed E-state index contributed by atoms with van der Waals surface area (Å²) >= 11 is 0. The van der Waals surface area contributed by atoms with Crippen molar-refractivity contribution in [2.24, 2.45) is 0 Å². The second-order valence-corrected chi connectivity index (χ2v) is 7.60. The minimum atomic E-state index is -0.0324. The number of hydrogen-bond acceptors (Lipinski definition) is 4. The molecule has 1 aliphatic heterocycles. The van der Waals surface area contributed by atoms with Gasteiger partial charge in [-0.3, -0.25) is 9.59 Å². The highest BCUT2D eigenvalue weighted by atomic mass is 16.5. The van der Waals surface area contributed by atoms with Gasteiger partial charge in [-0.25, -0.2) is 0 Å². The number of hydrogen-bond donors (Lipinski definition) is 2. The zero-order valence-electron chi connectivity index (χ0n) is 18.1. The molecule has 7 heteroatoms. The Morgan fingerprint density at radius 1 is 1.00 bits per heavy atom. The van der Waals surface area contributed by atoms with E-state index in [1.54, 1.807) is 32.4 Å². The highest BCUT2D eigenvalue weighted by Gasteiger charge is 2.26. The molecule has 1 aliphatic rings. The average molecular weight is 413 g/mol. The number of carbonyl (C=O) groups excluding carboxylic acids is 2. The first-order chi connectivity index (χ1) is 14.4. The number of methoxy groups -OCH3 is 2. The first-order valence-electron chi connectivity index (χ1n) is 10.1. The number of anilines is 1. The summed E-state index contributed by atoms with van der Waals surface area (Å²) in [6, 6.07) is 11.2. The summed E-state index contributed by atoms with van der Waals surface area (Å²) in [6.45, 7) is 7.07. The highest BCUT2D eigenvalue weighted by Crippen LogP contribution is 2.28. The number of quaternary nitrogens is 1. The van der Waals surface area contributed by atoms with Gasteiger partial charge in [0.05, 0.1) is 40.4 Å². The molecule has 1 fully saturated rings. The van der Waals surface area contributed by atoms with E-state index in [4.69, 9.17) is 9.47 Å². The Bertz CT molecular complexity index is 900. The van der Waals surface area contributed by atoms with Crippen LogP contribution in [-0.4, -0.2) is 63.7 Å². The van der Waals surface area contributed by atoms with E-state index < -0.39 is 0 Å². The van der Waals surface area contributed by atoms with Crippen LogP contribution in [0.25, 0.3) is 0 Å². The minimum absolute atomic E-state index is 0.00191. The predicted molar refractivity (Wildman–Crippen MR) is 116 cm³/mol. The van der Waals surface area contributed by atoms with E-state index in [1.165, 1.54) is 4.90 Å². The van der Waals surface area contributed by atoms with Crippen molar-refractivity contribution in [1.82, 2.24) is 4.90 Å². The van der Waals surface area contributed by atoms with Crippen LogP contribution in [0.2, 0.25) is 0 Å². The standard InChI is InChI=1S/C23H29N3O4/c1-16-6-5-7-17(2)22(16)24-21(27)15-25-10-12-26(13-11-25)23(28)18-8-9-19(29-3)20(14-18)30-4/h5-9,14H,10-13,15H2,1-4H3,(H,24,27)/p+1. The van der Waals surface area contributed by atoms with Crippen LogP contribution in [0.3, 0.4) is 0 Å². The molecule has 0 spiro atoms. The van der Waals surface area contributed by atoms with Crippen molar-refractivity contribution in [3.63, 3.8) is 0 Å². The van der Waals surface area contributed by atoms with Crippen LogP contribution < -0.4 is 19.7 Å². The molecule has 7 nitrogen and oxygen atoms in total. The third-order valence-electron chi connectivity index (χ3n) is 5.54. The van der Waals surface area contributed by atoms with Crippen LogP contribution in [0, 0.1) is 13.8 Å². The van der Waals surface area contributed by atoms with Crippen molar-refractivity contribution in [3.8, 4) is 11.5 Å². The van der Waals surface area contributed by atoms with Crippen LogP contribution in [-0.2, 0) is 4.79 Å². The van der Waals surface area contributed by atoms with Crippen molar-refractivity contribution in [1.29, 1.82) is 0 Å². The summed E-state index contributed by atoms with van der Waals surface area (Å²) in [5.41, 5.74) is 3.58. The number of carbonyl (C=O) groups is 2. The summed E-state index contributed by atoms with van der Waals surface area (Å²) < 4.78 is 10.5. The fraction of sp³-hybridized carbons (Fsp3) is 0.391. The molecule has 3 rings (SSSR count). The molecule has 2 aromatic rings. The molecule has 160 valence electrons. The maximum absolute atomic E-state index is 12.9. The summed E-state index contributed by atoms with van der Waals surface area (Å²) in [4.78, 5) is 28.4. The second-order valence-electron chi connectivity index (χ2n) is 7.60. The Balaban J connectivity index is 1.54. The smallest absolute Gasteiger partial charge is 0.279 e. The zero-order valence-corrected chi connectivity index (χ0v) is 18.1. The lowest BCUT2D eigenvalue weighted by Crippen LogP contribution is -3.15. The summed E-state index contributed by atoms with van der Waals surface area (Å²) in [5.74, 6) is 1.10. The Kier molecular flexibility index (Phi) is 6.95. The number of benzene rings is 2. The number of nitrogens with one attached hydrogen (secondary N) is 2. The Morgan fingerprint density at radius 2 is 1.63 bits per heavy atom. The third-order valence-corrected chi connectivity index (χ3v) is 5.54. The van der Waals surface area contributed by atoms with E-state index in [1.807, 2.05) is 36.9 Å². The molecule has 2 amide bonds. The first kappa shape index (κ1) is 21.6. The summed E-state index contributed by atoms with van der Waals surface area (Å²) in [7, 11) is 3.12. The maximum Gasteiger partial charge on any atom is 0.279 e. The SMILES string of the molecule is COc1ccc(C(=O)N2CC[NH+](CC(=O)Nc3c(C)cccc3C)CC2)cc1OC. The second kappa shape index (κ2) is 9.63. The largest absolute Gasteiger partial charge is 0.493 e. The zero-order chi connectivity index (χ0) is 21.7. The van der Waals surface area contributed by atoms with Crippen molar-refractivity contribution in [2.75, 3.05) is 52.3 Å². The molecule has 2 N–H and O–H groups in total. The van der Waals surface area contributed by atoms with E-state index in [0.717, 1.165) is 29.9 Å². The fourth-order valence-corrected chi connectivity index (χ4v) is 3.78. The number of para-hydroxylation sites is 1. The van der Waals surface area contributed by atoms with Gasteiger partial charge in [-0.05, 0) is 43.2 Å². The first-order valence-corrected chi connectivity index (χ1v) is 10.1. The molecule has 1 heterocycles. The quantitative estimate of drug-likeness (QED) is 0.750. The van der Waals surface area contributed by atoms with Crippen molar-refractivity contribution >= 4 is 17.5 Å². The lowest BCUT2D eigenvalue weighted by atomic mass is 10.1. The number of ether oxygens (including phenoxy) is 2. The van der Waals surface area contributed by atoms with Gasteiger partial charge in [-0.2, -0.15) is 0 Å². The minimum Gasteiger partial charge on any atom is -0.493 e. The molecule has 1 saturated heterocycles. The molecule has 0 bridgehead atoms. The van der Waals surface area contributed by atoms with Crippen LogP contribution in [0.15, 0.2) is 36.4 Å². The normalized spacial score (nSPS) is 14.3. The number of amides is 2. The summed E-state index contributed by atoms with van der Waals surface area (Å²) in [6.07, 6.45) is 0. The van der Waals surface area contributed by atoms with Crippen molar-refractivity contribution < 1.29 is 24.0 Å². The van der Waals surface area contributed by atoms with Gasteiger partial charge in [0.15, 0.2) is 18.0 Å². The molecular weight excluding hydrogens is 382 g/mol. The molecule has 0 saturated carbocycles. The van der Waals surface area contributed by atoms with Gasteiger partial charge in [-0.15, -0.1) is 0 Å². The van der Waals surface area contributed by atoms with E-state index in [0.29, 0.717) is 36.7 Å². The monoisotopic (exact) mass is 412 g/mol. The van der Waals surface area contributed by atoms with Crippen molar-refractivity contribution in [3.05, 3.63) is 53.1 Å². The van der Waals surface area contributed by atoms with Crippen LogP contribution in [0.1, 0.15) is 21.5 Å². The lowest BCUT2D eigenvalue weighted by molar-refractivity contribution is -0.895. The molecule has 0 radical (unpaired) electrons. The van der Waals surface area contributed by atoms with Gasteiger partial charge in [0, 0.05) is 11.3 Å². The molecule has 0 atom stereocenters. The van der Waals surface area contributed by atoms with Gasteiger partial charge in [0.25, 0.3) is 11.8 Å². The van der Waals surface area contributed by atoms with Crippen LogP contribution in [0.5, 0.6) is 11.5 Å². The fourth-order valence-electron chi connectivity index (χ4n) is 3.78. The molecule has 30 heavy (non-hydrogen) atoms. The molecule has 0 aromatic heterocycles. The number of aryl methyl sites for hydroxylation is 2. The Morgan fingerprint density at radius 3 is 2.23 bits per heavy atom. The van der Waals surface area contributed by atoms with Crippen LogP contribution in [0.4, 0.5) is 5.69 Å². The van der Waals surface area contributed by atoms with Crippen molar-refractivity contribution in [2.45, 2.75) is 13.8 Å². The highest BCUT2D eigenvalue weighted by molar-refractivity contribution is 5.95. The van der Waals surface area contributed by atoms with E-state index in [-0.39, 0.29) is 11.8 Å². The summed E-state index contributed by atoms with van der Waals surface area (Å²) in [5, 5.41) is 3.04. The van der Waals surface area contributed by atoms with E-state index >= 15 is 0 Å². The number of rotatable bonds is 6. The van der Waals surface area contributed by atoms with Gasteiger partial charge in [-0.1, -0.05) is 18.2 Å². The lowest BCUT2D eigenvalue weighted by Gasteiger charge is -2.32. The van der Waals surface area contributed by atoms with E-state index in [9.17, 15) is 9.59 Å². The predicted octanol–water partition coefficient (Wildman–Crippen LogP) is 1.30. The van der Waals surface area contributed by atoms with Gasteiger partial charge in [0.1, 0.15) is 0 Å². The molecule has 0 unspecified atom stereocenters. The topological polar surface area (TPSA) is 72.3 Å². The Hall–Kier alpha value is -3.06. The molecule has 2 aromatic carbocycles.